The zero-order chi connectivity index (χ0) is 12.2. The van der Waals surface area contributed by atoms with Gasteiger partial charge in [0.05, 0.1) is 0 Å². The molecule has 0 saturated carbocycles. The van der Waals surface area contributed by atoms with E-state index in [0.717, 1.165) is 5.56 Å². The third-order valence-corrected chi connectivity index (χ3v) is 2.55. The van der Waals surface area contributed by atoms with E-state index in [2.05, 4.69) is 11.8 Å². The smallest absolute Gasteiger partial charge is 0.160 e. The molecular weight excluding hydrogens is 233 g/mol. The van der Waals surface area contributed by atoms with Crippen molar-refractivity contribution >= 4 is 11.8 Å². The van der Waals surface area contributed by atoms with Crippen molar-refractivity contribution in [3.63, 3.8) is 0 Å². The molecule has 1 rings (SSSR count). The predicted molar refractivity (Wildman–Crippen MR) is 60.3 cm³/mol. The number of thioether (sulfide) groups is 1. The molecular formula is C12H11F3S. The monoisotopic (exact) mass is 244 g/mol. The highest BCUT2D eigenvalue weighted by atomic mass is 32.2. The molecule has 4 heteroatoms. The van der Waals surface area contributed by atoms with Gasteiger partial charge in [0.25, 0.3) is 0 Å². The Balaban J connectivity index is 3.08. The quantitative estimate of drug-likeness (QED) is 0.522. The van der Waals surface area contributed by atoms with Gasteiger partial charge in [-0.25, -0.2) is 0 Å². The molecule has 0 saturated heterocycles. The van der Waals surface area contributed by atoms with E-state index in [1.54, 1.807) is 19.1 Å². The van der Waals surface area contributed by atoms with E-state index in [4.69, 9.17) is 0 Å². The first-order chi connectivity index (χ1) is 7.42. The van der Waals surface area contributed by atoms with Crippen LogP contribution >= 0.6 is 11.8 Å². The standard InChI is InChI=1S/C12H11F3S/c1-3-4-5-10-7-6-9(2)8-11(10)16-12(13,14)15/h6-8H,3H2,1-2H3. The molecule has 16 heavy (non-hydrogen) atoms. The maximum Gasteiger partial charge on any atom is 0.446 e. The van der Waals surface area contributed by atoms with Crippen molar-refractivity contribution in [1.82, 2.24) is 0 Å². The molecule has 1 aromatic carbocycles. The summed E-state index contributed by atoms with van der Waals surface area (Å²) in [6.07, 6.45) is 0.629. The molecule has 0 aliphatic carbocycles. The Morgan fingerprint density at radius 3 is 2.56 bits per heavy atom. The molecule has 0 spiro atoms. The van der Waals surface area contributed by atoms with Crippen molar-refractivity contribution in [2.75, 3.05) is 0 Å². The van der Waals surface area contributed by atoms with E-state index in [0.29, 0.717) is 12.0 Å². The Labute approximate surface area is 97.2 Å². The SMILES string of the molecule is CCC#Cc1ccc(C)cc1SC(F)(F)F. The molecule has 0 radical (unpaired) electrons. The molecule has 0 heterocycles. The molecule has 0 aliphatic rings. The first kappa shape index (κ1) is 13.0. The van der Waals surface area contributed by atoms with Crippen LogP contribution < -0.4 is 0 Å². The van der Waals surface area contributed by atoms with Gasteiger partial charge in [0.1, 0.15) is 0 Å². The number of benzene rings is 1. The van der Waals surface area contributed by atoms with Gasteiger partial charge >= 0.3 is 5.51 Å². The molecule has 1 aromatic rings. The van der Waals surface area contributed by atoms with Crippen molar-refractivity contribution < 1.29 is 13.2 Å². The van der Waals surface area contributed by atoms with Crippen LogP contribution in [0.3, 0.4) is 0 Å². The molecule has 0 bridgehead atoms. The van der Waals surface area contributed by atoms with Crippen LogP contribution in [0.5, 0.6) is 0 Å². The average Bonchev–Trinajstić information content (AvgIpc) is 2.14. The lowest BCUT2D eigenvalue weighted by Crippen LogP contribution is -2.00. The molecule has 0 atom stereocenters. The lowest BCUT2D eigenvalue weighted by molar-refractivity contribution is -0.0328. The molecule has 0 aliphatic heterocycles. The first-order valence-corrected chi connectivity index (χ1v) is 5.59. The van der Waals surface area contributed by atoms with E-state index in [1.165, 1.54) is 6.07 Å². The molecule has 86 valence electrons. The summed E-state index contributed by atoms with van der Waals surface area (Å²) in [5, 5.41) is 0. The maximum atomic E-state index is 12.3. The van der Waals surface area contributed by atoms with E-state index < -0.39 is 5.51 Å². The van der Waals surface area contributed by atoms with Crippen LogP contribution in [0, 0.1) is 18.8 Å². The van der Waals surface area contributed by atoms with Crippen LogP contribution in [-0.4, -0.2) is 5.51 Å². The number of alkyl halides is 3. The Bertz CT molecular complexity index is 424. The second kappa shape index (κ2) is 5.31. The van der Waals surface area contributed by atoms with Crippen LogP contribution in [-0.2, 0) is 0 Å². The summed E-state index contributed by atoms with van der Waals surface area (Å²) in [6.45, 7) is 3.62. The van der Waals surface area contributed by atoms with E-state index in [1.807, 2.05) is 6.92 Å². The summed E-state index contributed by atoms with van der Waals surface area (Å²) in [7, 11) is 0. The molecule has 0 N–H and O–H groups in total. The van der Waals surface area contributed by atoms with Gasteiger partial charge in [-0.05, 0) is 36.4 Å². The molecule has 0 aromatic heterocycles. The maximum absolute atomic E-state index is 12.3. The largest absolute Gasteiger partial charge is 0.446 e. The van der Waals surface area contributed by atoms with E-state index in [9.17, 15) is 13.2 Å². The summed E-state index contributed by atoms with van der Waals surface area (Å²) >= 11 is -0.111. The summed E-state index contributed by atoms with van der Waals surface area (Å²) in [5.74, 6) is 5.52. The number of hydrogen-bond acceptors (Lipinski definition) is 1. The molecule has 0 nitrogen and oxygen atoms in total. The van der Waals surface area contributed by atoms with Gasteiger partial charge in [-0.2, -0.15) is 13.2 Å². The lowest BCUT2D eigenvalue weighted by atomic mass is 10.1. The Morgan fingerprint density at radius 1 is 1.31 bits per heavy atom. The van der Waals surface area contributed by atoms with E-state index >= 15 is 0 Å². The molecule has 0 unspecified atom stereocenters. The van der Waals surface area contributed by atoms with Gasteiger partial charge in [0.15, 0.2) is 0 Å². The summed E-state index contributed by atoms with van der Waals surface area (Å²) in [6, 6.07) is 4.91. The third kappa shape index (κ3) is 4.19. The van der Waals surface area contributed by atoms with Gasteiger partial charge in [-0.1, -0.05) is 24.8 Å². The van der Waals surface area contributed by atoms with Crippen molar-refractivity contribution in [1.29, 1.82) is 0 Å². The highest BCUT2D eigenvalue weighted by Gasteiger charge is 2.30. The van der Waals surface area contributed by atoms with Crippen molar-refractivity contribution in [3.05, 3.63) is 29.3 Å². The van der Waals surface area contributed by atoms with Gasteiger partial charge in [0, 0.05) is 16.9 Å². The highest BCUT2D eigenvalue weighted by Crippen LogP contribution is 2.38. The van der Waals surface area contributed by atoms with Gasteiger partial charge < -0.3 is 0 Å². The minimum atomic E-state index is -4.27. The van der Waals surface area contributed by atoms with Crippen LogP contribution in [0.25, 0.3) is 0 Å². The fraction of sp³-hybridized carbons (Fsp3) is 0.333. The zero-order valence-corrected chi connectivity index (χ0v) is 9.80. The van der Waals surface area contributed by atoms with Gasteiger partial charge in [0.2, 0.25) is 0 Å². The van der Waals surface area contributed by atoms with E-state index in [-0.39, 0.29) is 16.7 Å². The third-order valence-electron chi connectivity index (χ3n) is 1.76. The second-order valence-corrected chi connectivity index (χ2v) is 4.31. The fourth-order valence-corrected chi connectivity index (χ4v) is 1.85. The number of hydrogen-bond donors (Lipinski definition) is 0. The number of rotatable bonds is 1. The average molecular weight is 244 g/mol. The topological polar surface area (TPSA) is 0 Å². The second-order valence-electron chi connectivity index (χ2n) is 3.20. The van der Waals surface area contributed by atoms with Crippen molar-refractivity contribution in [2.24, 2.45) is 0 Å². The van der Waals surface area contributed by atoms with Crippen LogP contribution in [0.2, 0.25) is 0 Å². The minimum Gasteiger partial charge on any atom is -0.160 e. The predicted octanol–water partition coefficient (Wildman–Crippen LogP) is 4.37. The molecule has 0 fully saturated rings. The number of halogens is 3. The van der Waals surface area contributed by atoms with Crippen LogP contribution in [0.1, 0.15) is 24.5 Å². The minimum absolute atomic E-state index is 0.111. The summed E-state index contributed by atoms with van der Waals surface area (Å²) in [5.41, 5.74) is -3.03. The Hall–Kier alpha value is -1.08. The normalized spacial score (nSPS) is 10.8. The molecule has 0 amide bonds. The van der Waals surface area contributed by atoms with Crippen molar-refractivity contribution in [3.8, 4) is 11.8 Å². The van der Waals surface area contributed by atoms with Crippen LogP contribution in [0.4, 0.5) is 13.2 Å². The van der Waals surface area contributed by atoms with Crippen molar-refractivity contribution in [2.45, 2.75) is 30.7 Å². The van der Waals surface area contributed by atoms with Gasteiger partial charge in [-0.15, -0.1) is 0 Å². The fourth-order valence-electron chi connectivity index (χ4n) is 1.13. The summed E-state index contributed by atoms with van der Waals surface area (Å²) < 4.78 is 36.9. The number of aryl methyl sites for hydroxylation is 1. The highest BCUT2D eigenvalue weighted by molar-refractivity contribution is 8.00. The first-order valence-electron chi connectivity index (χ1n) is 4.77. The summed E-state index contributed by atoms with van der Waals surface area (Å²) in [4.78, 5) is 0.174. The van der Waals surface area contributed by atoms with Crippen LogP contribution in [0.15, 0.2) is 23.1 Å². The Morgan fingerprint density at radius 2 is 2.00 bits per heavy atom. The lowest BCUT2D eigenvalue weighted by Gasteiger charge is -2.08. The Kier molecular flexibility index (Phi) is 4.31. The zero-order valence-electron chi connectivity index (χ0n) is 8.98. The van der Waals surface area contributed by atoms with Gasteiger partial charge in [-0.3, -0.25) is 0 Å².